The molecule has 1 fully saturated rings. The molecule has 2 aromatic carbocycles. The second-order valence-electron chi connectivity index (χ2n) is 11.9. The van der Waals surface area contributed by atoms with E-state index < -0.39 is 35.6 Å². The molecule has 10 heteroatoms. The van der Waals surface area contributed by atoms with Gasteiger partial charge >= 0.3 is 0 Å². The zero-order chi connectivity index (χ0) is 31.5. The van der Waals surface area contributed by atoms with E-state index in [9.17, 15) is 24.0 Å². The van der Waals surface area contributed by atoms with Crippen LogP contribution in [0.5, 0.6) is 0 Å². The van der Waals surface area contributed by atoms with E-state index >= 15 is 0 Å². The summed E-state index contributed by atoms with van der Waals surface area (Å²) in [5.41, 5.74) is 1.87. The van der Waals surface area contributed by atoms with Gasteiger partial charge < -0.3 is 26.3 Å². The fraction of sp³-hybridized carbons (Fsp3) is 0.441. The molecule has 0 saturated heterocycles. The summed E-state index contributed by atoms with van der Waals surface area (Å²) in [5.74, 6) is -2.68. The Bertz CT molecular complexity index is 1410. The van der Waals surface area contributed by atoms with Crippen LogP contribution in [0.3, 0.4) is 0 Å². The predicted octanol–water partition coefficient (Wildman–Crippen LogP) is 3.56. The summed E-state index contributed by atoms with van der Waals surface area (Å²) in [4.78, 5) is 68.8. The van der Waals surface area contributed by atoms with Crippen LogP contribution in [-0.4, -0.2) is 59.1 Å². The predicted molar refractivity (Wildman–Crippen MR) is 169 cm³/mol. The standard InChI is InChI=1S/C34H43N5O5/c1-22(2)36-30(40)18-17-27(31(41)34(44)35-21-24-13-7-4-8-14-24)38-32(42)28(19-23-11-5-3-6-12-23)39-33(43)29-20-25-15-9-10-16-26(25)37-29/h3,5-6,9-12,15-16,20,22,24,27-28,37H,4,7-8,13-14,17-19,21H2,1-2H3,(H,35,44)(H,36,40)(H,38,42)(H,39,43)/t27-,28-/m0/s1. The lowest BCUT2D eigenvalue weighted by Crippen LogP contribution is -2.55. The van der Waals surface area contributed by atoms with Gasteiger partial charge in [0.15, 0.2) is 0 Å². The third-order valence-electron chi connectivity index (χ3n) is 7.92. The Morgan fingerprint density at radius 3 is 2.25 bits per heavy atom. The van der Waals surface area contributed by atoms with Crippen LogP contribution in [0, 0.1) is 5.92 Å². The van der Waals surface area contributed by atoms with Gasteiger partial charge in [0.1, 0.15) is 11.7 Å². The number of hydrogen-bond acceptors (Lipinski definition) is 5. The minimum absolute atomic E-state index is 0.0600. The Hall–Kier alpha value is -4.47. The highest BCUT2D eigenvalue weighted by Crippen LogP contribution is 2.22. The van der Waals surface area contributed by atoms with Gasteiger partial charge in [0.25, 0.3) is 11.8 Å². The fourth-order valence-corrected chi connectivity index (χ4v) is 5.58. The number of aromatic amines is 1. The van der Waals surface area contributed by atoms with Gasteiger partial charge in [0.2, 0.25) is 17.6 Å². The average molecular weight is 602 g/mol. The number of hydrogen-bond donors (Lipinski definition) is 5. The summed E-state index contributed by atoms with van der Waals surface area (Å²) >= 11 is 0. The lowest BCUT2D eigenvalue weighted by molar-refractivity contribution is -0.140. The largest absolute Gasteiger partial charge is 0.354 e. The van der Waals surface area contributed by atoms with Crippen molar-refractivity contribution in [1.29, 1.82) is 0 Å². The van der Waals surface area contributed by atoms with Gasteiger partial charge in [-0.25, -0.2) is 0 Å². The molecule has 4 amide bonds. The topological polar surface area (TPSA) is 149 Å². The van der Waals surface area contributed by atoms with Crippen molar-refractivity contribution in [2.24, 2.45) is 5.92 Å². The van der Waals surface area contributed by atoms with Gasteiger partial charge in [-0.1, -0.05) is 67.8 Å². The van der Waals surface area contributed by atoms with Crippen molar-refractivity contribution in [2.45, 2.75) is 83.3 Å². The SMILES string of the molecule is CC(C)NC(=O)CC[C@H](NC(=O)[C@H](Cc1ccccc1)NC(=O)c1cc2ccccc2[nH]1)C(=O)C(=O)NCC1CCCCC1. The minimum atomic E-state index is -1.24. The molecule has 0 spiro atoms. The number of ketones is 1. The normalized spacial score (nSPS) is 14.9. The van der Waals surface area contributed by atoms with E-state index in [0.717, 1.165) is 42.1 Å². The molecule has 2 atom stereocenters. The molecule has 0 bridgehead atoms. The first-order valence-corrected chi connectivity index (χ1v) is 15.5. The molecule has 0 unspecified atom stereocenters. The molecule has 234 valence electrons. The molecule has 1 aromatic heterocycles. The van der Waals surface area contributed by atoms with E-state index in [1.165, 1.54) is 6.42 Å². The van der Waals surface area contributed by atoms with Crippen LogP contribution in [-0.2, 0) is 25.6 Å². The zero-order valence-corrected chi connectivity index (χ0v) is 25.5. The molecule has 3 aromatic rings. The van der Waals surface area contributed by atoms with Crippen LogP contribution < -0.4 is 21.3 Å². The number of carbonyl (C=O) groups excluding carboxylic acids is 5. The lowest BCUT2D eigenvalue weighted by Gasteiger charge is -2.24. The van der Waals surface area contributed by atoms with Crippen molar-refractivity contribution < 1.29 is 24.0 Å². The number of aromatic nitrogens is 1. The summed E-state index contributed by atoms with van der Waals surface area (Å²) in [5, 5.41) is 11.9. The Kier molecular flexibility index (Phi) is 11.7. The van der Waals surface area contributed by atoms with Crippen LogP contribution >= 0.6 is 0 Å². The van der Waals surface area contributed by atoms with Crippen molar-refractivity contribution in [2.75, 3.05) is 6.54 Å². The van der Waals surface area contributed by atoms with Gasteiger partial charge in [-0.3, -0.25) is 24.0 Å². The Morgan fingerprint density at radius 2 is 1.55 bits per heavy atom. The maximum Gasteiger partial charge on any atom is 0.289 e. The number of H-pyrrole nitrogens is 1. The third-order valence-corrected chi connectivity index (χ3v) is 7.92. The maximum atomic E-state index is 13.7. The number of benzene rings is 2. The minimum Gasteiger partial charge on any atom is -0.354 e. The molecular weight excluding hydrogens is 558 g/mol. The van der Waals surface area contributed by atoms with Gasteiger partial charge in [-0.05, 0) is 56.7 Å². The molecule has 1 aliphatic rings. The first-order valence-electron chi connectivity index (χ1n) is 15.5. The summed E-state index contributed by atoms with van der Waals surface area (Å²) in [6, 6.07) is 16.0. The number of rotatable bonds is 14. The van der Waals surface area contributed by atoms with E-state index in [-0.39, 0.29) is 36.9 Å². The van der Waals surface area contributed by atoms with Crippen LogP contribution in [0.4, 0.5) is 0 Å². The Balaban J connectivity index is 1.50. The van der Waals surface area contributed by atoms with E-state index in [0.29, 0.717) is 12.5 Å². The van der Waals surface area contributed by atoms with Crippen LogP contribution in [0.25, 0.3) is 10.9 Å². The van der Waals surface area contributed by atoms with Crippen molar-refractivity contribution in [3.63, 3.8) is 0 Å². The molecule has 1 saturated carbocycles. The van der Waals surface area contributed by atoms with Gasteiger partial charge in [0.05, 0.1) is 6.04 Å². The van der Waals surface area contributed by atoms with E-state index in [4.69, 9.17) is 0 Å². The number of nitrogens with one attached hydrogen (secondary N) is 5. The molecule has 0 radical (unpaired) electrons. The zero-order valence-electron chi connectivity index (χ0n) is 25.5. The highest BCUT2D eigenvalue weighted by Gasteiger charge is 2.31. The number of Topliss-reactive ketones (excluding diaryl/α,β-unsaturated/α-hetero) is 1. The number of amides is 4. The molecule has 1 aliphatic carbocycles. The number of fused-ring (bicyclic) bond motifs is 1. The Labute approximate surface area is 258 Å². The summed E-state index contributed by atoms with van der Waals surface area (Å²) < 4.78 is 0. The smallest absolute Gasteiger partial charge is 0.289 e. The second-order valence-corrected chi connectivity index (χ2v) is 11.9. The van der Waals surface area contributed by atoms with Crippen molar-refractivity contribution in [3.05, 3.63) is 71.9 Å². The highest BCUT2D eigenvalue weighted by atomic mass is 16.2. The third kappa shape index (κ3) is 9.52. The van der Waals surface area contributed by atoms with E-state index in [2.05, 4.69) is 26.3 Å². The van der Waals surface area contributed by atoms with Crippen molar-refractivity contribution in [1.82, 2.24) is 26.3 Å². The number of carbonyl (C=O) groups is 5. The molecular formula is C34H43N5O5. The first-order chi connectivity index (χ1) is 21.2. The van der Waals surface area contributed by atoms with Gasteiger partial charge in [-0.15, -0.1) is 0 Å². The first kappa shape index (κ1) is 32.4. The van der Waals surface area contributed by atoms with Crippen molar-refractivity contribution >= 4 is 40.3 Å². The van der Waals surface area contributed by atoms with Crippen LogP contribution in [0.2, 0.25) is 0 Å². The van der Waals surface area contributed by atoms with Gasteiger partial charge in [-0.2, -0.15) is 0 Å². The van der Waals surface area contributed by atoms with Gasteiger partial charge in [0, 0.05) is 36.3 Å². The Morgan fingerprint density at radius 1 is 0.841 bits per heavy atom. The summed E-state index contributed by atoms with van der Waals surface area (Å²) in [7, 11) is 0. The number of para-hydroxylation sites is 1. The fourth-order valence-electron chi connectivity index (χ4n) is 5.58. The lowest BCUT2D eigenvalue weighted by atomic mass is 9.89. The molecule has 10 nitrogen and oxygen atoms in total. The molecule has 44 heavy (non-hydrogen) atoms. The second kappa shape index (κ2) is 15.8. The van der Waals surface area contributed by atoms with Crippen LogP contribution in [0.1, 0.15) is 74.8 Å². The molecule has 5 N–H and O–H groups in total. The highest BCUT2D eigenvalue weighted by molar-refractivity contribution is 6.38. The monoisotopic (exact) mass is 601 g/mol. The van der Waals surface area contributed by atoms with Crippen LogP contribution in [0.15, 0.2) is 60.7 Å². The molecule has 1 heterocycles. The maximum absolute atomic E-state index is 13.7. The summed E-state index contributed by atoms with van der Waals surface area (Å²) in [6.07, 6.45) is 5.42. The molecule has 0 aliphatic heterocycles. The quantitative estimate of drug-likeness (QED) is 0.179. The molecule has 4 rings (SSSR count). The average Bonchev–Trinajstić information content (AvgIpc) is 3.46. The van der Waals surface area contributed by atoms with Crippen molar-refractivity contribution in [3.8, 4) is 0 Å². The van der Waals surface area contributed by atoms with E-state index in [1.807, 2.05) is 68.4 Å². The van der Waals surface area contributed by atoms with E-state index in [1.54, 1.807) is 6.07 Å². The summed E-state index contributed by atoms with van der Waals surface area (Å²) in [6.45, 7) is 4.05.